The van der Waals surface area contributed by atoms with Crippen LogP contribution in [0.3, 0.4) is 0 Å². The molecular weight excluding hydrogens is 413 g/mol. The van der Waals surface area contributed by atoms with E-state index in [2.05, 4.69) is 15.5 Å². The highest BCUT2D eigenvalue weighted by molar-refractivity contribution is 6.09. The summed E-state index contributed by atoms with van der Waals surface area (Å²) >= 11 is 0. The molecule has 0 fully saturated rings. The first-order valence-electron chi connectivity index (χ1n) is 9.97. The minimum Gasteiger partial charge on any atom is -0.493 e. The molecule has 2 aromatic heterocycles. The minimum atomic E-state index is -0.364. The predicted molar refractivity (Wildman–Crippen MR) is 117 cm³/mol. The fourth-order valence-corrected chi connectivity index (χ4v) is 3.54. The summed E-state index contributed by atoms with van der Waals surface area (Å²) < 4.78 is 29.4. The standard InChI is InChI=1S/C24H22FN3O4/c1-13-11-18(21-22(28-32-24(21)26-13)15-5-8-17(25)9-6-15)23(29)27-14(2)16-7-10-19(30-3)20(12-16)31-4/h5-12,14H,1-4H3,(H,27,29)/t14-/m1/s1. The summed E-state index contributed by atoms with van der Waals surface area (Å²) in [5.41, 5.74) is 3.13. The zero-order chi connectivity index (χ0) is 22.8. The third-order valence-corrected chi connectivity index (χ3v) is 5.19. The number of aromatic nitrogens is 2. The van der Waals surface area contributed by atoms with Crippen LogP contribution in [0.1, 0.15) is 34.6 Å². The quantitative estimate of drug-likeness (QED) is 0.466. The molecule has 7 nitrogen and oxygen atoms in total. The number of nitrogens with zero attached hydrogens (tertiary/aromatic N) is 2. The first-order chi connectivity index (χ1) is 15.4. The zero-order valence-corrected chi connectivity index (χ0v) is 18.1. The largest absolute Gasteiger partial charge is 0.493 e. The monoisotopic (exact) mass is 435 g/mol. The molecule has 0 radical (unpaired) electrons. The van der Waals surface area contributed by atoms with Crippen LogP contribution in [0.4, 0.5) is 4.39 Å². The Kier molecular flexibility index (Phi) is 5.77. The molecule has 32 heavy (non-hydrogen) atoms. The van der Waals surface area contributed by atoms with Crippen LogP contribution in [0.2, 0.25) is 0 Å². The highest BCUT2D eigenvalue weighted by atomic mass is 19.1. The van der Waals surface area contributed by atoms with Crippen molar-refractivity contribution in [3.05, 3.63) is 71.2 Å². The van der Waals surface area contributed by atoms with E-state index in [1.807, 2.05) is 19.1 Å². The van der Waals surface area contributed by atoms with Crippen LogP contribution in [-0.4, -0.2) is 30.3 Å². The first-order valence-corrected chi connectivity index (χ1v) is 9.97. The van der Waals surface area contributed by atoms with Crippen molar-refractivity contribution in [2.75, 3.05) is 14.2 Å². The Bertz CT molecular complexity index is 1280. The van der Waals surface area contributed by atoms with E-state index >= 15 is 0 Å². The van der Waals surface area contributed by atoms with Gasteiger partial charge in [-0.1, -0.05) is 11.2 Å². The van der Waals surface area contributed by atoms with Crippen molar-refractivity contribution in [3.63, 3.8) is 0 Å². The maximum atomic E-state index is 13.4. The fraction of sp³-hybridized carbons (Fsp3) is 0.208. The average molecular weight is 435 g/mol. The molecule has 0 spiro atoms. The van der Waals surface area contributed by atoms with E-state index in [-0.39, 0.29) is 23.5 Å². The first kappa shape index (κ1) is 21.3. The molecule has 4 rings (SSSR count). The number of aryl methyl sites for hydroxylation is 1. The number of hydrogen-bond acceptors (Lipinski definition) is 6. The Hall–Kier alpha value is -3.94. The molecule has 0 saturated carbocycles. The SMILES string of the molecule is COc1ccc([C@@H](C)NC(=O)c2cc(C)nc3onc(-c4ccc(F)cc4)c23)cc1OC. The van der Waals surface area contributed by atoms with Crippen molar-refractivity contribution in [2.45, 2.75) is 19.9 Å². The van der Waals surface area contributed by atoms with Gasteiger partial charge in [0.25, 0.3) is 11.6 Å². The Morgan fingerprint density at radius 2 is 1.78 bits per heavy atom. The van der Waals surface area contributed by atoms with Gasteiger partial charge in [-0.15, -0.1) is 0 Å². The average Bonchev–Trinajstić information content (AvgIpc) is 3.22. The number of methoxy groups -OCH3 is 2. The van der Waals surface area contributed by atoms with Gasteiger partial charge in [-0.2, -0.15) is 0 Å². The van der Waals surface area contributed by atoms with Crippen LogP contribution in [0, 0.1) is 12.7 Å². The maximum absolute atomic E-state index is 13.4. The van der Waals surface area contributed by atoms with Crippen LogP contribution in [0.25, 0.3) is 22.4 Å². The number of halogens is 1. The van der Waals surface area contributed by atoms with Crippen LogP contribution in [0.15, 0.2) is 53.1 Å². The number of ether oxygens (including phenoxy) is 2. The number of fused-ring (bicyclic) bond motifs is 1. The second-order valence-corrected chi connectivity index (χ2v) is 7.34. The summed E-state index contributed by atoms with van der Waals surface area (Å²) in [5.74, 6) is 0.507. The van der Waals surface area contributed by atoms with E-state index in [9.17, 15) is 9.18 Å². The van der Waals surface area contributed by atoms with Crippen LogP contribution >= 0.6 is 0 Å². The summed E-state index contributed by atoms with van der Waals surface area (Å²) in [6.45, 7) is 3.65. The zero-order valence-electron chi connectivity index (χ0n) is 18.1. The van der Waals surface area contributed by atoms with Crippen molar-refractivity contribution < 1.29 is 23.2 Å². The van der Waals surface area contributed by atoms with Crippen LogP contribution in [-0.2, 0) is 0 Å². The Morgan fingerprint density at radius 1 is 1.06 bits per heavy atom. The number of rotatable bonds is 6. The van der Waals surface area contributed by atoms with Gasteiger partial charge in [-0.25, -0.2) is 9.37 Å². The summed E-state index contributed by atoms with van der Waals surface area (Å²) in [6.07, 6.45) is 0. The second kappa shape index (κ2) is 8.66. The summed E-state index contributed by atoms with van der Waals surface area (Å²) in [5, 5.41) is 7.57. The second-order valence-electron chi connectivity index (χ2n) is 7.34. The van der Waals surface area contributed by atoms with E-state index < -0.39 is 0 Å². The molecule has 2 heterocycles. The number of benzene rings is 2. The van der Waals surface area contributed by atoms with Gasteiger partial charge in [0, 0.05) is 11.3 Å². The fourth-order valence-electron chi connectivity index (χ4n) is 3.54. The van der Waals surface area contributed by atoms with Gasteiger partial charge >= 0.3 is 0 Å². The van der Waals surface area contributed by atoms with Gasteiger partial charge in [0.05, 0.1) is 31.2 Å². The van der Waals surface area contributed by atoms with Crippen molar-refractivity contribution >= 4 is 17.0 Å². The third kappa shape index (κ3) is 3.99. The molecule has 1 amide bonds. The number of nitrogens with one attached hydrogen (secondary N) is 1. The third-order valence-electron chi connectivity index (χ3n) is 5.19. The number of carbonyl (C=O) groups excluding carboxylic acids is 1. The lowest BCUT2D eigenvalue weighted by molar-refractivity contribution is 0.0941. The molecule has 8 heteroatoms. The van der Waals surface area contributed by atoms with Gasteiger partial charge in [0.15, 0.2) is 11.5 Å². The van der Waals surface area contributed by atoms with E-state index in [4.69, 9.17) is 14.0 Å². The van der Waals surface area contributed by atoms with Gasteiger partial charge in [0.1, 0.15) is 11.5 Å². The normalized spacial score (nSPS) is 11.9. The van der Waals surface area contributed by atoms with E-state index in [1.165, 1.54) is 12.1 Å². The maximum Gasteiger partial charge on any atom is 0.259 e. The topological polar surface area (TPSA) is 86.5 Å². The van der Waals surface area contributed by atoms with Crippen molar-refractivity contribution in [2.24, 2.45) is 0 Å². The van der Waals surface area contributed by atoms with Crippen molar-refractivity contribution in [1.82, 2.24) is 15.5 Å². The summed E-state index contributed by atoms with van der Waals surface area (Å²) in [7, 11) is 3.13. The van der Waals surface area contributed by atoms with Crippen LogP contribution in [0.5, 0.6) is 11.5 Å². The molecule has 0 bridgehead atoms. The molecule has 2 aromatic carbocycles. The molecule has 0 saturated heterocycles. The summed E-state index contributed by atoms with van der Waals surface area (Å²) in [6, 6.07) is 12.7. The van der Waals surface area contributed by atoms with E-state index in [0.717, 1.165) is 5.56 Å². The molecule has 164 valence electrons. The van der Waals surface area contributed by atoms with Gasteiger partial charge in [0.2, 0.25) is 0 Å². The van der Waals surface area contributed by atoms with E-state index in [1.54, 1.807) is 45.4 Å². The van der Waals surface area contributed by atoms with Crippen molar-refractivity contribution in [1.29, 1.82) is 0 Å². The number of amides is 1. The van der Waals surface area contributed by atoms with Crippen molar-refractivity contribution in [3.8, 4) is 22.8 Å². The van der Waals surface area contributed by atoms with E-state index in [0.29, 0.717) is 39.4 Å². The molecule has 0 aliphatic heterocycles. The molecule has 1 N–H and O–H groups in total. The highest BCUT2D eigenvalue weighted by Gasteiger charge is 2.22. The Balaban J connectivity index is 1.70. The smallest absolute Gasteiger partial charge is 0.259 e. The Morgan fingerprint density at radius 3 is 2.47 bits per heavy atom. The van der Waals surface area contributed by atoms with Crippen LogP contribution < -0.4 is 14.8 Å². The van der Waals surface area contributed by atoms with Gasteiger partial charge < -0.3 is 19.3 Å². The van der Waals surface area contributed by atoms with Gasteiger partial charge in [-0.3, -0.25) is 4.79 Å². The highest BCUT2D eigenvalue weighted by Crippen LogP contribution is 2.32. The molecule has 0 aliphatic carbocycles. The van der Waals surface area contributed by atoms with Gasteiger partial charge in [-0.05, 0) is 61.9 Å². The molecule has 0 aliphatic rings. The molecule has 0 unspecified atom stereocenters. The lowest BCUT2D eigenvalue weighted by Crippen LogP contribution is -2.27. The minimum absolute atomic E-state index is 0.244. The lowest BCUT2D eigenvalue weighted by atomic mass is 10.0. The lowest BCUT2D eigenvalue weighted by Gasteiger charge is -2.17. The number of carbonyl (C=O) groups is 1. The summed E-state index contributed by atoms with van der Waals surface area (Å²) in [4.78, 5) is 17.6. The molecule has 1 atom stereocenters. The number of hydrogen-bond donors (Lipinski definition) is 1. The molecular formula is C24H22FN3O4. The number of pyridine rings is 1. The molecule has 4 aromatic rings. The Labute approximate surface area is 184 Å². The predicted octanol–water partition coefficient (Wildman–Crippen LogP) is 4.85.